The Morgan fingerprint density at radius 3 is 2.62 bits per heavy atom. The molecule has 0 radical (unpaired) electrons. The first-order chi connectivity index (χ1) is 11.6. The third kappa shape index (κ3) is 4.12. The van der Waals surface area contributed by atoms with Crippen LogP contribution in [0, 0.1) is 0 Å². The minimum atomic E-state index is -3.60. The van der Waals surface area contributed by atoms with Gasteiger partial charge in [-0.25, -0.2) is 23.1 Å². The largest absolute Gasteiger partial charge is 0.341 e. The van der Waals surface area contributed by atoms with Gasteiger partial charge < -0.3 is 4.90 Å². The number of sulfonamides is 1. The van der Waals surface area contributed by atoms with Gasteiger partial charge in [-0.2, -0.15) is 0 Å². The van der Waals surface area contributed by atoms with Gasteiger partial charge >= 0.3 is 0 Å². The standard InChI is InChI=1S/C16H19BrN4O2S/c17-14-6-2-3-7-15(14)24(22,23)19-12-13-8-9-18-16(20-13)21-10-4-1-5-11-21/h2-3,6-9,19H,1,4-5,10-12H2. The zero-order valence-corrected chi connectivity index (χ0v) is 15.6. The van der Waals surface area contributed by atoms with Gasteiger partial charge in [-0.15, -0.1) is 0 Å². The molecule has 0 amide bonds. The van der Waals surface area contributed by atoms with Crippen molar-refractivity contribution in [3.63, 3.8) is 0 Å². The van der Waals surface area contributed by atoms with E-state index in [2.05, 4.69) is 35.5 Å². The van der Waals surface area contributed by atoms with Gasteiger partial charge in [0.25, 0.3) is 0 Å². The lowest BCUT2D eigenvalue weighted by Crippen LogP contribution is -2.31. The molecular weight excluding hydrogens is 392 g/mol. The lowest BCUT2D eigenvalue weighted by Gasteiger charge is -2.26. The van der Waals surface area contributed by atoms with Crippen LogP contribution in [0.1, 0.15) is 25.0 Å². The molecule has 0 bridgehead atoms. The van der Waals surface area contributed by atoms with Crippen LogP contribution in [0.3, 0.4) is 0 Å². The maximum Gasteiger partial charge on any atom is 0.242 e. The third-order valence-electron chi connectivity index (χ3n) is 3.91. The molecule has 24 heavy (non-hydrogen) atoms. The number of rotatable bonds is 5. The van der Waals surface area contributed by atoms with Crippen LogP contribution in [0.25, 0.3) is 0 Å². The number of anilines is 1. The second kappa shape index (κ2) is 7.58. The first-order valence-corrected chi connectivity index (χ1v) is 10.1. The summed E-state index contributed by atoms with van der Waals surface area (Å²) < 4.78 is 28.0. The molecule has 1 aliphatic rings. The molecule has 0 aliphatic carbocycles. The number of hydrogen-bond donors (Lipinski definition) is 1. The molecular formula is C16H19BrN4O2S. The van der Waals surface area contributed by atoms with Crippen LogP contribution < -0.4 is 9.62 Å². The zero-order chi connectivity index (χ0) is 17.0. The molecule has 1 aliphatic heterocycles. The van der Waals surface area contributed by atoms with Gasteiger partial charge in [-0.05, 0) is 53.4 Å². The Bertz CT molecular complexity index is 807. The molecule has 8 heteroatoms. The predicted octanol–water partition coefficient (Wildman–Crippen LogP) is 2.71. The number of benzene rings is 1. The smallest absolute Gasteiger partial charge is 0.242 e. The second-order valence-corrected chi connectivity index (χ2v) is 8.24. The summed E-state index contributed by atoms with van der Waals surface area (Å²) in [7, 11) is -3.60. The van der Waals surface area contributed by atoms with Gasteiger partial charge in [0, 0.05) is 23.8 Å². The fourth-order valence-electron chi connectivity index (χ4n) is 2.64. The molecule has 6 nitrogen and oxygen atoms in total. The first kappa shape index (κ1) is 17.3. The van der Waals surface area contributed by atoms with E-state index < -0.39 is 10.0 Å². The summed E-state index contributed by atoms with van der Waals surface area (Å²) in [6.45, 7) is 2.03. The zero-order valence-electron chi connectivity index (χ0n) is 13.2. The van der Waals surface area contributed by atoms with Gasteiger partial charge in [-0.1, -0.05) is 12.1 Å². The molecule has 2 aromatic rings. The molecule has 0 unspecified atom stereocenters. The van der Waals surface area contributed by atoms with Crippen molar-refractivity contribution in [1.82, 2.24) is 14.7 Å². The van der Waals surface area contributed by atoms with E-state index in [9.17, 15) is 8.42 Å². The van der Waals surface area contributed by atoms with Crippen molar-refractivity contribution >= 4 is 31.9 Å². The molecule has 128 valence electrons. The number of aromatic nitrogens is 2. The van der Waals surface area contributed by atoms with E-state index in [4.69, 9.17) is 0 Å². The van der Waals surface area contributed by atoms with E-state index in [1.807, 2.05) is 0 Å². The van der Waals surface area contributed by atoms with Crippen molar-refractivity contribution in [1.29, 1.82) is 0 Å². The molecule has 0 spiro atoms. The molecule has 1 N–H and O–H groups in total. The maximum absolute atomic E-state index is 12.4. The van der Waals surface area contributed by atoms with Crippen LogP contribution in [0.5, 0.6) is 0 Å². The SMILES string of the molecule is O=S(=O)(NCc1ccnc(N2CCCCC2)n1)c1ccccc1Br. The number of hydrogen-bond acceptors (Lipinski definition) is 5. The Morgan fingerprint density at radius 1 is 1.12 bits per heavy atom. The Labute approximate surface area is 150 Å². The van der Waals surface area contributed by atoms with Crippen molar-refractivity contribution in [2.45, 2.75) is 30.7 Å². The van der Waals surface area contributed by atoms with Crippen molar-refractivity contribution in [3.8, 4) is 0 Å². The predicted molar refractivity (Wildman–Crippen MR) is 96.3 cm³/mol. The normalized spacial score (nSPS) is 15.5. The summed E-state index contributed by atoms with van der Waals surface area (Å²) in [5, 5.41) is 0. The quantitative estimate of drug-likeness (QED) is 0.819. The Morgan fingerprint density at radius 2 is 1.88 bits per heavy atom. The highest BCUT2D eigenvalue weighted by Crippen LogP contribution is 2.21. The van der Waals surface area contributed by atoms with Crippen molar-refractivity contribution in [2.24, 2.45) is 0 Å². The third-order valence-corrected chi connectivity index (χ3v) is 6.32. The number of piperidine rings is 1. The summed E-state index contributed by atoms with van der Waals surface area (Å²) in [4.78, 5) is 11.2. The van der Waals surface area contributed by atoms with Crippen molar-refractivity contribution in [3.05, 3.63) is 46.7 Å². The van der Waals surface area contributed by atoms with Gasteiger partial charge in [0.05, 0.1) is 17.1 Å². The molecule has 1 aromatic carbocycles. The van der Waals surface area contributed by atoms with Crippen LogP contribution in [0.4, 0.5) is 5.95 Å². The number of nitrogens with zero attached hydrogens (tertiary/aromatic N) is 3. The molecule has 1 aromatic heterocycles. The maximum atomic E-state index is 12.4. The Balaban J connectivity index is 1.71. The lowest BCUT2D eigenvalue weighted by atomic mass is 10.1. The van der Waals surface area contributed by atoms with Crippen LogP contribution in [-0.2, 0) is 16.6 Å². The monoisotopic (exact) mass is 410 g/mol. The van der Waals surface area contributed by atoms with E-state index in [1.165, 1.54) is 6.42 Å². The average Bonchev–Trinajstić information content (AvgIpc) is 2.61. The summed E-state index contributed by atoms with van der Waals surface area (Å²) in [5.41, 5.74) is 0.654. The van der Waals surface area contributed by atoms with Crippen molar-refractivity contribution in [2.75, 3.05) is 18.0 Å². The van der Waals surface area contributed by atoms with Crippen LogP contribution in [0.15, 0.2) is 45.9 Å². The fourth-order valence-corrected chi connectivity index (χ4v) is 4.64. The first-order valence-electron chi connectivity index (χ1n) is 7.87. The van der Waals surface area contributed by atoms with Gasteiger partial charge in [0.2, 0.25) is 16.0 Å². The van der Waals surface area contributed by atoms with Gasteiger partial charge in [-0.3, -0.25) is 0 Å². The topological polar surface area (TPSA) is 75.2 Å². The molecule has 1 saturated heterocycles. The number of halogens is 1. The van der Waals surface area contributed by atoms with E-state index in [0.717, 1.165) is 25.9 Å². The van der Waals surface area contributed by atoms with E-state index >= 15 is 0 Å². The van der Waals surface area contributed by atoms with Crippen LogP contribution in [0.2, 0.25) is 0 Å². The summed E-state index contributed by atoms with van der Waals surface area (Å²) in [6, 6.07) is 8.46. The van der Waals surface area contributed by atoms with Gasteiger partial charge in [0.15, 0.2) is 0 Å². The summed E-state index contributed by atoms with van der Waals surface area (Å²) >= 11 is 3.27. The van der Waals surface area contributed by atoms with Crippen molar-refractivity contribution < 1.29 is 8.42 Å². The van der Waals surface area contributed by atoms with E-state index in [-0.39, 0.29) is 11.4 Å². The number of nitrogens with one attached hydrogen (secondary N) is 1. The highest BCUT2D eigenvalue weighted by molar-refractivity contribution is 9.10. The summed E-state index contributed by atoms with van der Waals surface area (Å²) in [5.74, 6) is 0.673. The Kier molecular flexibility index (Phi) is 5.47. The van der Waals surface area contributed by atoms with Crippen LogP contribution >= 0.6 is 15.9 Å². The van der Waals surface area contributed by atoms with Crippen LogP contribution in [-0.4, -0.2) is 31.5 Å². The molecule has 1 fully saturated rings. The Hall–Kier alpha value is -1.51. The molecule has 3 rings (SSSR count). The van der Waals surface area contributed by atoms with E-state index in [1.54, 1.807) is 36.5 Å². The molecule has 2 heterocycles. The lowest BCUT2D eigenvalue weighted by molar-refractivity contribution is 0.565. The minimum Gasteiger partial charge on any atom is -0.341 e. The fraction of sp³-hybridized carbons (Fsp3) is 0.375. The van der Waals surface area contributed by atoms with E-state index in [0.29, 0.717) is 16.1 Å². The molecule has 0 saturated carbocycles. The minimum absolute atomic E-state index is 0.132. The average molecular weight is 411 g/mol. The second-order valence-electron chi connectivity index (χ2n) is 5.65. The van der Waals surface area contributed by atoms with Gasteiger partial charge in [0.1, 0.15) is 0 Å². The summed E-state index contributed by atoms with van der Waals surface area (Å²) in [6.07, 6.45) is 5.20. The highest BCUT2D eigenvalue weighted by Gasteiger charge is 2.18. The molecule has 0 atom stereocenters. The highest BCUT2D eigenvalue weighted by atomic mass is 79.9.